The summed E-state index contributed by atoms with van der Waals surface area (Å²) in [5.41, 5.74) is 17.1. The number of nitrogens with zero attached hydrogens (tertiary/aromatic N) is 2. The topological polar surface area (TPSA) is 389 Å². The Kier molecular flexibility index (Phi) is 23.8. The number of carbonyl (C=O) groups excluding carboxylic acids is 9. The highest BCUT2D eigenvalue weighted by Crippen LogP contribution is 2.20. The number of aromatic hydroxyl groups is 1. The molecule has 0 aromatic heterocycles. The van der Waals surface area contributed by atoms with Crippen molar-refractivity contribution in [2.75, 3.05) is 31.1 Å². The van der Waals surface area contributed by atoms with Gasteiger partial charge in [0.15, 0.2) is 5.96 Å². The number of aliphatic imine (C=N–C) groups is 1. The first kappa shape index (κ1) is 57.2. The molecular weight excluding hydrogens is 953 g/mol. The van der Waals surface area contributed by atoms with E-state index in [0.29, 0.717) is 17.5 Å². The number of amides is 9. The Labute approximate surface area is 414 Å². The van der Waals surface area contributed by atoms with Gasteiger partial charge in [0.1, 0.15) is 48.0 Å². The largest absolute Gasteiger partial charge is 0.508 e. The number of rotatable bonds is 28. The number of nitrogens with one attached hydrogen (secondary N) is 7. The quantitative estimate of drug-likeness (QED) is 0.0170. The summed E-state index contributed by atoms with van der Waals surface area (Å²) in [5, 5.41) is 36.9. The molecule has 9 amide bonds. The molecule has 26 heteroatoms. The molecule has 0 bridgehead atoms. The SMILES string of the molecule is C[C@H](NC(=O)[C@H](Cc1ccccc1)NC(=O)[C@H](Cc1ccc(O)cc1)NC(=O)CCS)C(=O)N[C@@H](CC(=O)O)C(=O)N[C@@H](CS)C(=O)N1CCC[C@H]1C(=O)N[C@H](CCCN=C(N)N)C(=O)NCC(N)=O. The van der Waals surface area contributed by atoms with Crippen LogP contribution < -0.4 is 54.4 Å². The predicted octanol–water partition coefficient (Wildman–Crippen LogP) is -3.52. The van der Waals surface area contributed by atoms with Gasteiger partial charge in [0.05, 0.1) is 13.0 Å². The zero-order chi connectivity index (χ0) is 51.9. The number of nitrogens with two attached hydrogens (primary N) is 3. The lowest BCUT2D eigenvalue weighted by Gasteiger charge is -2.30. The van der Waals surface area contributed by atoms with Gasteiger partial charge in [-0.25, -0.2) is 0 Å². The van der Waals surface area contributed by atoms with Crippen molar-refractivity contribution in [3.05, 3.63) is 65.7 Å². The van der Waals surface area contributed by atoms with Crippen LogP contribution in [0.2, 0.25) is 0 Å². The first-order chi connectivity index (χ1) is 33.2. The third-order valence-corrected chi connectivity index (χ3v) is 11.3. The molecule has 1 saturated heterocycles. The van der Waals surface area contributed by atoms with Crippen molar-refractivity contribution < 1.29 is 58.2 Å². The molecule has 0 aliphatic carbocycles. The minimum atomic E-state index is -1.79. The monoisotopic (exact) mass is 1010 g/mol. The van der Waals surface area contributed by atoms with Gasteiger partial charge in [0.2, 0.25) is 53.2 Å². The second-order valence-electron chi connectivity index (χ2n) is 16.2. The Bertz CT molecular complexity index is 2200. The van der Waals surface area contributed by atoms with Crippen molar-refractivity contribution in [3.63, 3.8) is 0 Å². The molecule has 0 unspecified atom stereocenters. The normalized spacial score (nSPS) is 15.5. The number of thiol groups is 2. The molecule has 15 N–H and O–H groups in total. The number of benzene rings is 2. The zero-order valence-corrected chi connectivity index (χ0v) is 40.2. The lowest BCUT2D eigenvalue weighted by molar-refractivity contribution is -0.143. The van der Waals surface area contributed by atoms with Gasteiger partial charge in [-0.2, -0.15) is 25.3 Å². The first-order valence-corrected chi connectivity index (χ1v) is 23.5. The molecule has 0 spiro atoms. The van der Waals surface area contributed by atoms with Gasteiger partial charge in [0.25, 0.3) is 0 Å². The maximum Gasteiger partial charge on any atom is 0.305 e. The van der Waals surface area contributed by atoms with Gasteiger partial charge in [-0.15, -0.1) is 0 Å². The first-order valence-electron chi connectivity index (χ1n) is 22.2. The van der Waals surface area contributed by atoms with E-state index in [-0.39, 0.29) is 74.8 Å². The van der Waals surface area contributed by atoms with Crippen molar-refractivity contribution in [2.45, 2.75) is 101 Å². The molecule has 70 heavy (non-hydrogen) atoms. The summed E-state index contributed by atoms with van der Waals surface area (Å²) in [6, 6.07) is 5.05. The van der Waals surface area contributed by atoms with E-state index in [4.69, 9.17) is 17.2 Å². The van der Waals surface area contributed by atoms with Crippen molar-refractivity contribution in [1.29, 1.82) is 0 Å². The van der Waals surface area contributed by atoms with Gasteiger partial charge in [-0.1, -0.05) is 42.5 Å². The molecule has 7 atom stereocenters. The van der Waals surface area contributed by atoms with Gasteiger partial charge in [-0.05, 0) is 61.6 Å². The lowest BCUT2D eigenvalue weighted by Crippen LogP contribution is -2.60. The van der Waals surface area contributed by atoms with Crippen LogP contribution in [0.15, 0.2) is 59.6 Å². The molecule has 2 aromatic carbocycles. The fourth-order valence-corrected chi connectivity index (χ4v) is 7.59. The number of aliphatic carboxylic acids is 1. The number of hydrogen-bond donors (Lipinski definition) is 14. The molecule has 24 nitrogen and oxygen atoms in total. The average Bonchev–Trinajstić information content (AvgIpc) is 3.81. The molecule has 3 rings (SSSR count). The average molecular weight is 1020 g/mol. The lowest BCUT2D eigenvalue weighted by atomic mass is 10.0. The number of primary amides is 1. The molecular formula is C44H62N12O12S2. The van der Waals surface area contributed by atoms with E-state index in [2.05, 4.69) is 67.5 Å². The summed E-state index contributed by atoms with van der Waals surface area (Å²) in [6.07, 6.45) is -0.267. The van der Waals surface area contributed by atoms with Crippen molar-refractivity contribution in [2.24, 2.45) is 22.2 Å². The second kappa shape index (κ2) is 29.1. The van der Waals surface area contributed by atoms with E-state index in [0.717, 1.165) is 0 Å². The highest BCUT2D eigenvalue weighted by Gasteiger charge is 2.40. The highest BCUT2D eigenvalue weighted by atomic mass is 32.1. The van der Waals surface area contributed by atoms with Crippen LogP contribution in [-0.2, 0) is 60.8 Å². The molecule has 2 aromatic rings. The minimum absolute atomic E-state index is 0.0103. The Balaban J connectivity index is 1.75. The fraction of sp³-hybridized carbons (Fsp3) is 0.477. The number of carbonyl (C=O) groups is 10. The maximum absolute atomic E-state index is 13.9. The highest BCUT2D eigenvalue weighted by molar-refractivity contribution is 7.80. The summed E-state index contributed by atoms with van der Waals surface area (Å²) >= 11 is 8.30. The van der Waals surface area contributed by atoms with E-state index in [1.54, 1.807) is 42.5 Å². The molecule has 0 radical (unpaired) electrons. The summed E-state index contributed by atoms with van der Waals surface area (Å²) in [5.74, 6) is -9.10. The summed E-state index contributed by atoms with van der Waals surface area (Å²) in [6.45, 7) is 0.923. The predicted molar refractivity (Wildman–Crippen MR) is 261 cm³/mol. The number of hydrogen-bond acceptors (Lipinski definition) is 14. The number of phenols is 1. The minimum Gasteiger partial charge on any atom is -0.508 e. The molecule has 1 aliphatic rings. The standard InChI is InChI=1S/C44H62N12O12S2/c1-24(50-39(64)30(19-25-7-3-2-4-8-25)54-40(65)29(51-35(59)15-18-69)20-26-11-13-27(57)14-12-26)37(62)53-31(21-36(60)61)41(66)55-32(23-70)43(68)56-17-6-10-33(56)42(67)52-28(9-5-16-48-44(46)47)38(63)49-22-34(45)58/h2-4,7-8,11-14,24,28-33,57,69-70H,5-6,9-10,15-23H2,1H3,(H2,45,58)(H,49,63)(H,50,64)(H,51,59)(H,52,67)(H,53,62)(H,54,65)(H,55,66)(H,60,61)(H4,46,47,48)/t24-,28+,29-,30-,31-,32-,33-/m0/s1. The third kappa shape index (κ3) is 19.5. The maximum atomic E-state index is 13.9. The Morgan fingerprint density at radius 1 is 0.729 bits per heavy atom. The van der Waals surface area contributed by atoms with Crippen molar-refractivity contribution in [1.82, 2.24) is 42.1 Å². The van der Waals surface area contributed by atoms with Crippen LogP contribution >= 0.6 is 25.3 Å². The molecule has 1 heterocycles. The zero-order valence-electron chi connectivity index (χ0n) is 38.4. The fourth-order valence-electron chi connectivity index (χ4n) is 7.14. The van der Waals surface area contributed by atoms with E-state index < -0.39 is 114 Å². The number of carboxylic acids is 1. The van der Waals surface area contributed by atoms with E-state index in [1.807, 2.05) is 0 Å². The Morgan fingerprint density at radius 3 is 1.91 bits per heavy atom. The van der Waals surface area contributed by atoms with Gasteiger partial charge < -0.3 is 69.5 Å². The number of phenolic OH excluding ortho intramolecular Hbond substituents is 1. The van der Waals surface area contributed by atoms with Gasteiger partial charge in [0, 0.05) is 38.1 Å². The number of carboxylic acid groups (broad SMARTS) is 1. The number of likely N-dealkylation sites (tertiary alicyclic amines) is 1. The van der Waals surface area contributed by atoms with Gasteiger partial charge >= 0.3 is 5.97 Å². The van der Waals surface area contributed by atoms with Crippen LogP contribution in [0.1, 0.15) is 56.6 Å². The summed E-state index contributed by atoms with van der Waals surface area (Å²) in [4.78, 5) is 136. The van der Waals surface area contributed by atoms with Crippen LogP contribution in [0.25, 0.3) is 0 Å². The summed E-state index contributed by atoms with van der Waals surface area (Å²) in [7, 11) is 0. The van der Waals surface area contributed by atoms with Crippen LogP contribution in [0.4, 0.5) is 0 Å². The number of guanidine groups is 1. The van der Waals surface area contributed by atoms with Crippen LogP contribution in [-0.4, -0.2) is 154 Å². The van der Waals surface area contributed by atoms with Crippen LogP contribution in [0, 0.1) is 0 Å². The van der Waals surface area contributed by atoms with Crippen molar-refractivity contribution in [3.8, 4) is 5.75 Å². The Hall–Kier alpha value is -7.09. The van der Waals surface area contributed by atoms with E-state index >= 15 is 0 Å². The van der Waals surface area contributed by atoms with Crippen molar-refractivity contribution >= 4 is 90.4 Å². The van der Waals surface area contributed by atoms with E-state index in [1.165, 1.54) is 24.0 Å². The van der Waals surface area contributed by atoms with Crippen LogP contribution in [0.5, 0.6) is 5.75 Å². The third-order valence-electron chi connectivity index (χ3n) is 10.7. The second-order valence-corrected chi connectivity index (χ2v) is 17.0. The molecule has 1 aliphatic heterocycles. The molecule has 1 fully saturated rings. The van der Waals surface area contributed by atoms with E-state index in [9.17, 15) is 58.2 Å². The molecule has 382 valence electrons. The van der Waals surface area contributed by atoms with Crippen LogP contribution in [0.3, 0.4) is 0 Å². The van der Waals surface area contributed by atoms with Gasteiger partial charge in [-0.3, -0.25) is 52.9 Å². The molecule has 0 saturated carbocycles. The Morgan fingerprint density at radius 2 is 1.31 bits per heavy atom. The smallest absolute Gasteiger partial charge is 0.305 e. The summed E-state index contributed by atoms with van der Waals surface area (Å²) < 4.78 is 0.